The molecule has 0 unspecified atom stereocenters. The van der Waals surface area contributed by atoms with Gasteiger partial charge in [0.05, 0.1) is 10.6 Å². The average molecular weight is 617 g/mol. The van der Waals surface area contributed by atoms with Gasteiger partial charge >= 0.3 is 0 Å². The number of carbonyl (C=O) groups is 2. The Morgan fingerprint density at radius 1 is 0.927 bits per heavy atom. The number of aryl methyl sites for hydroxylation is 1. The lowest BCUT2D eigenvalue weighted by Crippen LogP contribution is -2.53. The normalized spacial score (nSPS) is 14.7. The van der Waals surface area contributed by atoms with Crippen LogP contribution in [0.2, 0.25) is 10.0 Å². The first-order valence-electron chi connectivity index (χ1n) is 13.7. The summed E-state index contributed by atoms with van der Waals surface area (Å²) >= 11 is 12.2. The van der Waals surface area contributed by atoms with Gasteiger partial charge in [0.25, 0.3) is 10.0 Å². The van der Waals surface area contributed by atoms with Gasteiger partial charge in [-0.15, -0.1) is 0 Å². The number of sulfonamides is 1. The third kappa shape index (κ3) is 8.03. The third-order valence-electron chi connectivity index (χ3n) is 7.36. The monoisotopic (exact) mass is 615 g/mol. The molecule has 1 aliphatic rings. The van der Waals surface area contributed by atoms with E-state index >= 15 is 0 Å². The minimum atomic E-state index is -4.16. The minimum Gasteiger partial charge on any atom is -0.352 e. The summed E-state index contributed by atoms with van der Waals surface area (Å²) in [6, 6.07) is 19.0. The molecular formula is C31H35Cl2N3O4S. The molecule has 0 spiro atoms. The number of carbonyl (C=O) groups excluding carboxylic acids is 2. The summed E-state index contributed by atoms with van der Waals surface area (Å²) in [5.74, 6) is -0.788. The Morgan fingerprint density at radius 3 is 2.22 bits per heavy atom. The highest BCUT2D eigenvalue weighted by Gasteiger charge is 2.33. The maximum atomic E-state index is 14.0. The second-order valence-electron chi connectivity index (χ2n) is 10.5. The molecule has 1 atom stereocenters. The summed E-state index contributed by atoms with van der Waals surface area (Å²) in [6.07, 6.45) is 5.07. The van der Waals surface area contributed by atoms with E-state index in [1.165, 1.54) is 29.2 Å². The number of rotatable bonds is 10. The van der Waals surface area contributed by atoms with Crippen LogP contribution in [-0.4, -0.2) is 43.8 Å². The molecule has 0 saturated heterocycles. The van der Waals surface area contributed by atoms with Crippen LogP contribution >= 0.6 is 23.2 Å². The number of nitrogens with one attached hydrogen (secondary N) is 1. The van der Waals surface area contributed by atoms with Crippen molar-refractivity contribution in [1.29, 1.82) is 0 Å². The van der Waals surface area contributed by atoms with Crippen molar-refractivity contribution in [2.75, 3.05) is 10.8 Å². The van der Waals surface area contributed by atoms with E-state index in [2.05, 4.69) is 5.32 Å². The molecule has 10 heteroatoms. The molecule has 3 aromatic carbocycles. The van der Waals surface area contributed by atoms with Gasteiger partial charge in [0.1, 0.15) is 12.6 Å². The van der Waals surface area contributed by atoms with Crippen molar-refractivity contribution < 1.29 is 18.0 Å². The summed E-state index contributed by atoms with van der Waals surface area (Å²) in [4.78, 5) is 28.8. The van der Waals surface area contributed by atoms with Gasteiger partial charge in [0, 0.05) is 22.6 Å². The Kier molecular flexibility index (Phi) is 10.3. The second-order valence-corrected chi connectivity index (χ2v) is 13.2. The van der Waals surface area contributed by atoms with E-state index in [4.69, 9.17) is 23.2 Å². The molecule has 1 saturated carbocycles. The lowest BCUT2D eigenvalue weighted by Gasteiger charge is -2.33. The van der Waals surface area contributed by atoms with Crippen molar-refractivity contribution in [2.45, 2.75) is 69.5 Å². The van der Waals surface area contributed by atoms with Crippen molar-refractivity contribution in [1.82, 2.24) is 10.2 Å². The molecule has 41 heavy (non-hydrogen) atoms. The van der Waals surface area contributed by atoms with E-state index < -0.39 is 28.5 Å². The summed E-state index contributed by atoms with van der Waals surface area (Å²) in [5, 5.41) is 4.00. The summed E-state index contributed by atoms with van der Waals surface area (Å²) in [6.45, 7) is 3.15. The Balaban J connectivity index is 1.67. The molecule has 0 aromatic heterocycles. The van der Waals surface area contributed by atoms with E-state index in [0.717, 1.165) is 47.5 Å². The van der Waals surface area contributed by atoms with E-state index in [1.54, 1.807) is 49.4 Å². The fourth-order valence-electron chi connectivity index (χ4n) is 4.96. The smallest absolute Gasteiger partial charge is 0.264 e. The average Bonchev–Trinajstić information content (AvgIpc) is 2.95. The highest BCUT2D eigenvalue weighted by molar-refractivity contribution is 7.92. The first kappa shape index (κ1) is 30.9. The van der Waals surface area contributed by atoms with Crippen LogP contribution in [0.5, 0.6) is 0 Å². The summed E-state index contributed by atoms with van der Waals surface area (Å²) in [7, 11) is -4.16. The molecule has 3 aromatic rings. The molecule has 0 radical (unpaired) electrons. The van der Waals surface area contributed by atoms with Crippen molar-refractivity contribution in [3.63, 3.8) is 0 Å². The van der Waals surface area contributed by atoms with E-state index in [1.807, 2.05) is 13.0 Å². The minimum absolute atomic E-state index is 0.000226. The van der Waals surface area contributed by atoms with Crippen LogP contribution in [0.1, 0.15) is 50.2 Å². The quantitative estimate of drug-likeness (QED) is 0.287. The zero-order valence-electron chi connectivity index (χ0n) is 23.2. The van der Waals surface area contributed by atoms with Gasteiger partial charge in [-0.25, -0.2) is 8.42 Å². The van der Waals surface area contributed by atoms with Crippen molar-refractivity contribution in [2.24, 2.45) is 0 Å². The van der Waals surface area contributed by atoms with Crippen LogP contribution in [0.15, 0.2) is 77.7 Å². The van der Waals surface area contributed by atoms with Crippen molar-refractivity contribution >= 4 is 50.7 Å². The third-order valence-corrected chi connectivity index (χ3v) is 9.64. The van der Waals surface area contributed by atoms with Gasteiger partial charge in [0.15, 0.2) is 0 Å². The fourth-order valence-corrected chi connectivity index (χ4v) is 6.71. The molecule has 1 aliphatic carbocycles. The molecule has 0 heterocycles. The highest BCUT2D eigenvalue weighted by Crippen LogP contribution is 2.26. The molecule has 0 aliphatic heterocycles. The topological polar surface area (TPSA) is 86.8 Å². The number of anilines is 1. The lowest BCUT2D eigenvalue weighted by atomic mass is 9.95. The molecule has 0 bridgehead atoms. The van der Waals surface area contributed by atoms with Gasteiger partial charge in [-0.05, 0) is 80.8 Å². The molecule has 218 valence electrons. The second kappa shape index (κ2) is 13.7. The van der Waals surface area contributed by atoms with Gasteiger partial charge in [-0.3, -0.25) is 13.9 Å². The number of nitrogens with zero attached hydrogens (tertiary/aromatic N) is 2. The first-order valence-corrected chi connectivity index (χ1v) is 15.9. The van der Waals surface area contributed by atoms with Gasteiger partial charge in [-0.2, -0.15) is 0 Å². The first-order chi connectivity index (χ1) is 19.5. The zero-order valence-corrected chi connectivity index (χ0v) is 25.6. The number of hydrogen-bond acceptors (Lipinski definition) is 4. The van der Waals surface area contributed by atoms with Gasteiger partial charge < -0.3 is 10.2 Å². The maximum Gasteiger partial charge on any atom is 0.264 e. The number of hydrogen-bond donors (Lipinski definition) is 1. The van der Waals surface area contributed by atoms with Crippen LogP contribution in [0, 0.1) is 6.92 Å². The predicted octanol–water partition coefficient (Wildman–Crippen LogP) is 6.36. The Hall–Kier alpha value is -3.07. The highest BCUT2D eigenvalue weighted by atomic mass is 35.5. The van der Waals surface area contributed by atoms with E-state index in [9.17, 15) is 18.0 Å². The van der Waals surface area contributed by atoms with Crippen molar-refractivity contribution in [3.8, 4) is 0 Å². The van der Waals surface area contributed by atoms with Gasteiger partial charge in [-0.1, -0.05) is 72.3 Å². The molecule has 1 N–H and O–H groups in total. The standard InChI is InChI=1S/C31H35Cl2N3O4S/c1-22-11-15-28(16-12-22)36(41(39,40)29-17-13-25(32)14-18-29)21-30(37)35(20-24-7-6-8-26(33)19-24)23(2)31(38)34-27-9-4-3-5-10-27/h6-8,11-19,23,27H,3-5,9-10,20-21H2,1-2H3,(H,34,38)/t23-/m0/s1. The van der Waals surface area contributed by atoms with Crippen LogP contribution in [0.4, 0.5) is 5.69 Å². The van der Waals surface area contributed by atoms with Gasteiger partial charge in [0.2, 0.25) is 11.8 Å². The predicted molar refractivity (Wildman–Crippen MR) is 164 cm³/mol. The molecule has 7 nitrogen and oxygen atoms in total. The lowest BCUT2D eigenvalue weighted by molar-refractivity contribution is -0.139. The van der Waals surface area contributed by atoms with Crippen molar-refractivity contribution in [3.05, 3.63) is 94.0 Å². The summed E-state index contributed by atoms with van der Waals surface area (Å²) in [5.41, 5.74) is 2.01. The summed E-state index contributed by atoms with van der Waals surface area (Å²) < 4.78 is 28.8. The van der Waals surface area contributed by atoms with Crippen LogP contribution in [-0.2, 0) is 26.2 Å². The number of halogens is 2. The van der Waals surface area contributed by atoms with Crippen LogP contribution in [0.3, 0.4) is 0 Å². The Morgan fingerprint density at radius 2 is 1.59 bits per heavy atom. The Bertz CT molecular complexity index is 1460. The zero-order chi connectivity index (χ0) is 29.6. The maximum absolute atomic E-state index is 14.0. The van der Waals surface area contributed by atoms with Crippen LogP contribution < -0.4 is 9.62 Å². The van der Waals surface area contributed by atoms with E-state index in [0.29, 0.717) is 15.7 Å². The SMILES string of the molecule is Cc1ccc(N(CC(=O)N(Cc2cccc(Cl)c2)[C@@H](C)C(=O)NC2CCCCC2)S(=O)(=O)c2ccc(Cl)cc2)cc1. The number of benzene rings is 3. The number of amides is 2. The molecular weight excluding hydrogens is 581 g/mol. The van der Waals surface area contributed by atoms with Crippen LogP contribution in [0.25, 0.3) is 0 Å². The Labute approximate surface area is 252 Å². The molecule has 1 fully saturated rings. The fraction of sp³-hybridized carbons (Fsp3) is 0.355. The van der Waals surface area contributed by atoms with E-state index in [-0.39, 0.29) is 23.4 Å². The molecule has 2 amide bonds. The molecule has 4 rings (SSSR count). The largest absolute Gasteiger partial charge is 0.352 e.